The Morgan fingerprint density at radius 3 is 1.68 bits per heavy atom. The first-order valence-corrected chi connectivity index (χ1v) is 7.20. The molecule has 0 aliphatic carbocycles. The van der Waals surface area contributed by atoms with Crippen LogP contribution in [0.4, 0.5) is 0 Å². The van der Waals surface area contributed by atoms with Gasteiger partial charge in [-0.3, -0.25) is 9.59 Å². The van der Waals surface area contributed by atoms with Crippen LogP contribution in [0.5, 0.6) is 0 Å². The largest absolute Gasteiger partial charge is 0.342 e. The van der Waals surface area contributed by atoms with Gasteiger partial charge in [-0.25, -0.2) is 0 Å². The number of nitrogens with zero attached hydrogens (tertiary/aromatic N) is 3. The molecule has 5 heteroatoms. The fraction of sp³-hybridized carbons (Fsp3) is 0.857. The van der Waals surface area contributed by atoms with Crippen LogP contribution in [-0.2, 0) is 9.59 Å². The number of amides is 2. The normalized spacial score (nSPS) is 21.8. The van der Waals surface area contributed by atoms with Crippen molar-refractivity contribution in [1.82, 2.24) is 14.7 Å². The lowest BCUT2D eigenvalue weighted by Crippen LogP contribution is -2.55. The lowest BCUT2D eigenvalue weighted by Gasteiger charge is -2.37. The van der Waals surface area contributed by atoms with E-state index in [0.717, 1.165) is 52.1 Å². The Morgan fingerprint density at radius 2 is 1.21 bits per heavy atom. The fourth-order valence-electron chi connectivity index (χ4n) is 2.81. The topological polar surface area (TPSA) is 43.9 Å². The first-order valence-electron chi connectivity index (χ1n) is 7.20. The summed E-state index contributed by atoms with van der Waals surface area (Å²) in [5.74, 6) is -0.0218. The van der Waals surface area contributed by atoms with Crippen LogP contribution in [0.25, 0.3) is 0 Å². The number of hydrogen-bond acceptors (Lipinski definition) is 3. The van der Waals surface area contributed by atoms with Crippen LogP contribution in [0, 0.1) is 5.41 Å². The molecule has 0 radical (unpaired) electrons. The van der Waals surface area contributed by atoms with Crippen LogP contribution in [0.2, 0.25) is 0 Å². The van der Waals surface area contributed by atoms with Crippen LogP contribution < -0.4 is 0 Å². The van der Waals surface area contributed by atoms with Gasteiger partial charge in [0.05, 0.1) is 0 Å². The highest BCUT2D eigenvalue weighted by molar-refractivity contribution is 6.04. The van der Waals surface area contributed by atoms with Gasteiger partial charge in [-0.1, -0.05) is 0 Å². The van der Waals surface area contributed by atoms with E-state index in [9.17, 15) is 9.59 Å². The maximum atomic E-state index is 12.6. The Balaban J connectivity index is 2.01. The molecule has 0 aromatic heterocycles. The van der Waals surface area contributed by atoms with E-state index < -0.39 is 5.41 Å². The molecular formula is C14H25N3O2. The van der Waals surface area contributed by atoms with Gasteiger partial charge in [0.1, 0.15) is 5.41 Å². The summed E-state index contributed by atoms with van der Waals surface area (Å²) < 4.78 is 0. The number of piperazine rings is 1. The molecule has 0 unspecified atom stereocenters. The highest BCUT2D eigenvalue weighted by atomic mass is 16.2. The maximum absolute atomic E-state index is 12.6. The summed E-state index contributed by atoms with van der Waals surface area (Å²) in [5, 5.41) is 0. The molecule has 2 heterocycles. The Morgan fingerprint density at radius 1 is 0.789 bits per heavy atom. The van der Waals surface area contributed by atoms with Crippen LogP contribution in [-0.4, -0.2) is 72.8 Å². The van der Waals surface area contributed by atoms with Crippen molar-refractivity contribution in [3.63, 3.8) is 0 Å². The molecule has 0 aromatic carbocycles. The van der Waals surface area contributed by atoms with Gasteiger partial charge in [-0.2, -0.15) is 0 Å². The standard InChI is InChI=1S/C14H25N3O2/c1-14(2,12(18)16-6-4-5-7-16)13(19)17-10-8-15(3)9-11-17/h4-11H2,1-3H3. The van der Waals surface area contributed by atoms with Gasteiger partial charge in [0.25, 0.3) is 0 Å². The van der Waals surface area contributed by atoms with Gasteiger partial charge in [0.15, 0.2) is 0 Å². The molecule has 108 valence electrons. The highest BCUT2D eigenvalue weighted by Crippen LogP contribution is 2.25. The van der Waals surface area contributed by atoms with E-state index in [-0.39, 0.29) is 11.8 Å². The zero-order valence-electron chi connectivity index (χ0n) is 12.3. The minimum absolute atomic E-state index is 0.00562. The van der Waals surface area contributed by atoms with Gasteiger partial charge in [0.2, 0.25) is 11.8 Å². The van der Waals surface area contributed by atoms with Crippen molar-refractivity contribution in [3.8, 4) is 0 Å². The molecule has 2 rings (SSSR count). The predicted molar refractivity (Wildman–Crippen MR) is 73.7 cm³/mol. The van der Waals surface area contributed by atoms with E-state index in [2.05, 4.69) is 11.9 Å². The zero-order valence-corrected chi connectivity index (χ0v) is 12.3. The number of hydrogen-bond donors (Lipinski definition) is 0. The van der Waals surface area contributed by atoms with Gasteiger partial charge >= 0.3 is 0 Å². The zero-order chi connectivity index (χ0) is 14.0. The van der Waals surface area contributed by atoms with E-state index >= 15 is 0 Å². The third kappa shape index (κ3) is 2.91. The molecule has 2 amide bonds. The van der Waals surface area contributed by atoms with Crippen LogP contribution in [0.1, 0.15) is 26.7 Å². The predicted octanol–water partition coefficient (Wildman–Crippen LogP) is 0.409. The number of likely N-dealkylation sites (N-methyl/N-ethyl adjacent to an activating group) is 1. The Kier molecular flexibility index (Phi) is 4.13. The van der Waals surface area contributed by atoms with Crippen molar-refractivity contribution >= 4 is 11.8 Å². The number of carbonyl (C=O) groups is 2. The summed E-state index contributed by atoms with van der Waals surface area (Å²) in [5.41, 5.74) is -0.916. The molecule has 19 heavy (non-hydrogen) atoms. The fourth-order valence-corrected chi connectivity index (χ4v) is 2.81. The quantitative estimate of drug-likeness (QED) is 0.681. The molecule has 2 fully saturated rings. The molecular weight excluding hydrogens is 242 g/mol. The van der Waals surface area contributed by atoms with E-state index in [1.165, 1.54) is 0 Å². The van der Waals surface area contributed by atoms with E-state index in [0.29, 0.717) is 0 Å². The van der Waals surface area contributed by atoms with Crippen LogP contribution >= 0.6 is 0 Å². The lowest BCUT2D eigenvalue weighted by molar-refractivity contribution is -0.154. The SMILES string of the molecule is CN1CCN(C(=O)C(C)(C)C(=O)N2CCCC2)CC1. The first kappa shape index (κ1) is 14.3. The Hall–Kier alpha value is -1.10. The van der Waals surface area contributed by atoms with Gasteiger partial charge in [-0.15, -0.1) is 0 Å². The number of carbonyl (C=O) groups excluding carboxylic acids is 2. The van der Waals surface area contributed by atoms with Crippen molar-refractivity contribution in [1.29, 1.82) is 0 Å². The third-order valence-electron chi connectivity index (χ3n) is 4.25. The average Bonchev–Trinajstić information content (AvgIpc) is 2.91. The summed E-state index contributed by atoms with van der Waals surface area (Å²) in [6.07, 6.45) is 2.12. The van der Waals surface area contributed by atoms with Crippen LogP contribution in [0.3, 0.4) is 0 Å². The minimum atomic E-state index is -0.916. The molecule has 0 bridgehead atoms. The average molecular weight is 267 g/mol. The van der Waals surface area contributed by atoms with Crippen molar-refractivity contribution < 1.29 is 9.59 Å². The van der Waals surface area contributed by atoms with Crippen molar-refractivity contribution in [2.24, 2.45) is 5.41 Å². The van der Waals surface area contributed by atoms with E-state index in [4.69, 9.17) is 0 Å². The minimum Gasteiger partial charge on any atom is -0.342 e. The smallest absolute Gasteiger partial charge is 0.237 e. The van der Waals surface area contributed by atoms with E-state index in [1.54, 1.807) is 13.8 Å². The third-order valence-corrected chi connectivity index (χ3v) is 4.25. The second-order valence-electron chi connectivity index (χ2n) is 6.22. The molecule has 0 N–H and O–H groups in total. The number of rotatable bonds is 2. The van der Waals surface area contributed by atoms with Crippen molar-refractivity contribution in [3.05, 3.63) is 0 Å². The Labute approximate surface area is 115 Å². The summed E-state index contributed by atoms with van der Waals surface area (Å²) in [6, 6.07) is 0. The lowest BCUT2D eigenvalue weighted by atomic mass is 9.89. The molecule has 0 spiro atoms. The second-order valence-corrected chi connectivity index (χ2v) is 6.22. The van der Waals surface area contributed by atoms with Crippen molar-refractivity contribution in [2.45, 2.75) is 26.7 Å². The Bertz CT molecular complexity index is 354. The highest BCUT2D eigenvalue weighted by Gasteiger charge is 2.42. The first-order chi connectivity index (χ1) is 8.93. The van der Waals surface area contributed by atoms with Crippen molar-refractivity contribution in [2.75, 3.05) is 46.3 Å². The molecule has 2 aliphatic rings. The number of likely N-dealkylation sites (tertiary alicyclic amines) is 1. The molecule has 2 saturated heterocycles. The monoisotopic (exact) mass is 267 g/mol. The van der Waals surface area contributed by atoms with Gasteiger partial charge in [-0.05, 0) is 33.7 Å². The second kappa shape index (κ2) is 5.49. The maximum Gasteiger partial charge on any atom is 0.237 e. The molecule has 0 aromatic rings. The molecule has 0 atom stereocenters. The van der Waals surface area contributed by atoms with Gasteiger partial charge in [0, 0.05) is 39.3 Å². The summed E-state index contributed by atoms with van der Waals surface area (Å²) in [7, 11) is 2.06. The van der Waals surface area contributed by atoms with Crippen LogP contribution in [0.15, 0.2) is 0 Å². The summed E-state index contributed by atoms with van der Waals surface area (Å²) >= 11 is 0. The summed E-state index contributed by atoms with van der Waals surface area (Å²) in [6.45, 7) is 8.39. The molecule has 2 aliphatic heterocycles. The van der Waals surface area contributed by atoms with E-state index in [1.807, 2.05) is 9.80 Å². The van der Waals surface area contributed by atoms with Gasteiger partial charge < -0.3 is 14.7 Å². The molecule has 5 nitrogen and oxygen atoms in total. The summed E-state index contributed by atoms with van der Waals surface area (Å²) in [4.78, 5) is 31.0. The molecule has 0 saturated carbocycles.